The molecule has 1 nitrogen and oxygen atoms in total. The lowest BCUT2D eigenvalue weighted by Gasteiger charge is -1.76. The van der Waals surface area contributed by atoms with Gasteiger partial charge in [-0.1, -0.05) is 0 Å². The number of hydrogen-bond acceptors (Lipinski definition) is 2. The van der Waals surface area contributed by atoms with Crippen molar-refractivity contribution in [2.24, 2.45) is 0 Å². The maximum absolute atomic E-state index is 8.33. The van der Waals surface area contributed by atoms with Gasteiger partial charge in [0.15, 0.2) is 0 Å². The summed E-state index contributed by atoms with van der Waals surface area (Å²) in [6.07, 6.45) is 0. The lowest BCUT2D eigenvalue weighted by Crippen LogP contribution is -1.68. The summed E-state index contributed by atoms with van der Waals surface area (Å²) < 4.78 is 0. The monoisotopic (exact) mass is 122 g/mol. The second kappa shape index (κ2) is 1.97. The fourth-order valence-electron chi connectivity index (χ4n) is 0.427. The number of rotatable bonds is 0. The van der Waals surface area contributed by atoms with Crippen LogP contribution in [0.2, 0.25) is 0 Å². The van der Waals surface area contributed by atoms with E-state index < -0.39 is 0 Å². The van der Waals surface area contributed by atoms with E-state index in [1.807, 2.05) is 18.4 Å². The third-order valence-corrected chi connectivity index (χ3v) is 1.70. The Morgan fingerprint density at radius 2 is 2.62 bits per heavy atom. The molecule has 0 unspecified atom stereocenters. The normalized spacial score (nSPS) is 8.50. The Balaban J connectivity index is 3.15. The van der Waals surface area contributed by atoms with E-state index in [9.17, 15) is 0 Å². The van der Waals surface area contributed by atoms with Gasteiger partial charge in [0, 0.05) is 0 Å². The molecule has 0 atom stereocenters. The van der Waals surface area contributed by atoms with E-state index in [1.165, 1.54) is 11.3 Å². The average molecular weight is 122 g/mol. The van der Waals surface area contributed by atoms with Crippen LogP contribution in [-0.4, -0.2) is 0 Å². The minimum absolute atomic E-state index is 0.676. The smallest absolute Gasteiger partial charge is 0.101 e. The summed E-state index contributed by atoms with van der Waals surface area (Å²) >= 11 is 1.44. The molecule has 1 heterocycles. The lowest BCUT2D eigenvalue weighted by molar-refractivity contribution is 1.44. The molecule has 0 aromatic carbocycles. The Morgan fingerprint density at radius 1 is 1.88 bits per heavy atom. The molecule has 1 aromatic heterocycles. The van der Waals surface area contributed by atoms with Crippen molar-refractivity contribution in [3.05, 3.63) is 21.9 Å². The fraction of sp³-hybridized carbons (Fsp3) is 0.167. The van der Waals surface area contributed by atoms with Crippen molar-refractivity contribution in [3.63, 3.8) is 0 Å². The van der Waals surface area contributed by atoms with E-state index in [2.05, 4.69) is 5.38 Å². The molecule has 0 spiro atoms. The van der Waals surface area contributed by atoms with Crippen LogP contribution in [0.3, 0.4) is 0 Å². The van der Waals surface area contributed by atoms with Crippen LogP contribution < -0.4 is 0 Å². The van der Waals surface area contributed by atoms with Gasteiger partial charge in [-0.05, 0) is 17.9 Å². The van der Waals surface area contributed by atoms with Crippen LogP contribution in [0.5, 0.6) is 0 Å². The summed E-state index contributed by atoms with van der Waals surface area (Å²) in [5, 5.41) is 13.1. The van der Waals surface area contributed by atoms with E-state index in [0.29, 0.717) is 5.56 Å². The molecule has 0 aliphatic carbocycles. The van der Waals surface area contributed by atoms with Gasteiger partial charge >= 0.3 is 0 Å². The van der Waals surface area contributed by atoms with Crippen molar-refractivity contribution in [3.8, 4) is 6.07 Å². The minimum atomic E-state index is 0.676. The van der Waals surface area contributed by atoms with Gasteiger partial charge in [-0.3, -0.25) is 0 Å². The molecule has 0 amide bonds. The van der Waals surface area contributed by atoms with Crippen LogP contribution in [0.25, 0.3) is 0 Å². The number of aryl methyl sites for hydroxylation is 1. The van der Waals surface area contributed by atoms with Gasteiger partial charge in [0.25, 0.3) is 0 Å². The number of nitriles is 1. The van der Waals surface area contributed by atoms with Crippen LogP contribution in [0.15, 0.2) is 5.38 Å². The van der Waals surface area contributed by atoms with Crippen LogP contribution in [0.4, 0.5) is 0 Å². The van der Waals surface area contributed by atoms with Crippen molar-refractivity contribution in [2.75, 3.05) is 0 Å². The maximum atomic E-state index is 8.33. The van der Waals surface area contributed by atoms with Crippen LogP contribution in [0.1, 0.15) is 11.1 Å². The number of nitrogens with zero attached hydrogens (tertiary/aromatic N) is 1. The van der Waals surface area contributed by atoms with Crippen molar-refractivity contribution < 1.29 is 0 Å². The van der Waals surface area contributed by atoms with E-state index in [0.717, 1.165) is 5.56 Å². The van der Waals surface area contributed by atoms with Crippen molar-refractivity contribution in [1.29, 1.82) is 5.26 Å². The predicted molar refractivity (Wildman–Crippen MR) is 32.6 cm³/mol. The first-order valence-electron chi connectivity index (χ1n) is 2.20. The molecule has 0 N–H and O–H groups in total. The minimum Gasteiger partial charge on any atom is -0.192 e. The highest BCUT2D eigenvalue weighted by Crippen LogP contribution is 2.09. The van der Waals surface area contributed by atoms with E-state index in [1.54, 1.807) is 0 Å². The molecule has 1 radical (unpaired) electrons. The molecular weight excluding hydrogens is 118 g/mol. The first-order chi connectivity index (χ1) is 3.84. The average Bonchev–Trinajstić information content (AvgIpc) is 2.14. The van der Waals surface area contributed by atoms with Crippen LogP contribution >= 0.6 is 11.3 Å². The van der Waals surface area contributed by atoms with Gasteiger partial charge in [-0.15, -0.1) is 11.3 Å². The zero-order chi connectivity index (χ0) is 5.98. The molecule has 0 aliphatic rings. The zero-order valence-corrected chi connectivity index (χ0v) is 5.25. The fourth-order valence-corrected chi connectivity index (χ4v) is 1.11. The van der Waals surface area contributed by atoms with Gasteiger partial charge in [0.1, 0.15) is 6.07 Å². The highest BCUT2D eigenvalue weighted by molar-refractivity contribution is 7.07. The lowest BCUT2D eigenvalue weighted by atomic mass is 10.2. The van der Waals surface area contributed by atoms with Gasteiger partial charge in [0.2, 0.25) is 0 Å². The van der Waals surface area contributed by atoms with Crippen LogP contribution in [-0.2, 0) is 0 Å². The topological polar surface area (TPSA) is 23.8 Å². The molecule has 0 fully saturated rings. The van der Waals surface area contributed by atoms with Crippen molar-refractivity contribution >= 4 is 11.3 Å². The van der Waals surface area contributed by atoms with E-state index >= 15 is 0 Å². The molecule has 39 valence electrons. The van der Waals surface area contributed by atoms with Crippen molar-refractivity contribution in [1.82, 2.24) is 0 Å². The van der Waals surface area contributed by atoms with Crippen LogP contribution in [0, 0.1) is 23.6 Å². The molecule has 1 rings (SSSR count). The van der Waals surface area contributed by atoms with E-state index in [4.69, 9.17) is 5.26 Å². The molecule has 1 aromatic rings. The Kier molecular flexibility index (Phi) is 1.32. The van der Waals surface area contributed by atoms with Gasteiger partial charge in [-0.25, -0.2) is 0 Å². The summed E-state index contributed by atoms with van der Waals surface area (Å²) in [7, 11) is 0. The van der Waals surface area contributed by atoms with Crippen molar-refractivity contribution in [2.45, 2.75) is 6.92 Å². The molecule has 0 saturated heterocycles. The summed E-state index contributed by atoms with van der Waals surface area (Å²) in [4.78, 5) is 0. The highest BCUT2D eigenvalue weighted by Gasteiger charge is 1.93. The molecule has 2 heteroatoms. The van der Waals surface area contributed by atoms with Gasteiger partial charge in [-0.2, -0.15) is 5.26 Å². The van der Waals surface area contributed by atoms with E-state index in [-0.39, 0.29) is 0 Å². The highest BCUT2D eigenvalue weighted by atomic mass is 32.1. The second-order valence-electron chi connectivity index (χ2n) is 1.51. The molecule has 8 heavy (non-hydrogen) atoms. The number of thiophene rings is 1. The summed E-state index contributed by atoms with van der Waals surface area (Å²) in [5.74, 6) is 0. The first-order valence-corrected chi connectivity index (χ1v) is 3.08. The Hall–Kier alpha value is -0.810. The third-order valence-electron chi connectivity index (χ3n) is 0.903. The Bertz CT molecular complexity index is 219. The second-order valence-corrected chi connectivity index (χ2v) is 2.18. The summed E-state index contributed by atoms with van der Waals surface area (Å²) in [6.45, 7) is 1.91. The van der Waals surface area contributed by atoms with Gasteiger partial charge < -0.3 is 0 Å². The molecule has 0 bridgehead atoms. The largest absolute Gasteiger partial charge is 0.192 e. The van der Waals surface area contributed by atoms with Gasteiger partial charge in [0.05, 0.1) is 10.9 Å². The Labute approximate surface area is 52.2 Å². The third kappa shape index (κ3) is 0.728. The summed E-state index contributed by atoms with van der Waals surface area (Å²) in [6, 6.07) is 2.03. The number of hydrogen-bond donors (Lipinski definition) is 0. The SMILES string of the molecule is Cc1cs[c]c1C#N. The zero-order valence-electron chi connectivity index (χ0n) is 4.43. The predicted octanol–water partition coefficient (Wildman–Crippen LogP) is 1.73. The molecular formula is C6H4NS. The Morgan fingerprint density at radius 3 is 2.88 bits per heavy atom. The maximum Gasteiger partial charge on any atom is 0.101 e. The quantitative estimate of drug-likeness (QED) is 0.514. The molecule has 0 saturated carbocycles. The summed E-state index contributed by atoms with van der Waals surface area (Å²) in [5.41, 5.74) is 1.70. The molecule has 0 aliphatic heterocycles. The first kappa shape index (κ1) is 5.33. The standard InChI is InChI=1S/C6H4NS/c1-5-3-8-4-6(5)2-7/h3H,1H3.